The maximum absolute atomic E-state index is 16.9. The minimum atomic E-state index is -3.73. The molecule has 3 fully saturated rings. The van der Waals surface area contributed by atoms with Gasteiger partial charge in [0.1, 0.15) is 24.1 Å². The van der Waals surface area contributed by atoms with Crippen LogP contribution in [0.25, 0.3) is 0 Å². The van der Waals surface area contributed by atoms with Crippen LogP contribution in [0, 0.1) is 48.5 Å². The van der Waals surface area contributed by atoms with Gasteiger partial charge in [-0.05, 0) is 132 Å². The maximum atomic E-state index is 16.9. The zero-order chi connectivity index (χ0) is 83.9. The van der Waals surface area contributed by atoms with Gasteiger partial charge < -0.3 is 65.5 Å². The SMILES string of the molecule is C.CCOc1ccc(Cc2cc(C3(O)[C@H](OCc4ccccc4)[C@@H](OCc4ccccc4)[C@H](C)[C@@H](CC)C3(F)F)ccc2Cl)cc1.CC[C@@H]1[C@@H](C)[C@H](OCc2ccccc2)[C@@H](OCc2ccccc2)C(=O)C1(F)F.CC[C@@H]1[C@@H](C)[C@H](OCc2ccccc2)[C@@H](OCc2ccccc2)C(O)(O)C1(F)F.Cc1ccc(Cc2c[c-]ccc2Cl)cc1.[Br-].[Mg+2]. The van der Waals surface area contributed by atoms with E-state index in [4.69, 9.17) is 56.4 Å². The number of halogens is 9. The Bertz CT molecular complexity index is 4640. The number of aryl methyl sites for hydroxylation is 1. The van der Waals surface area contributed by atoms with Crippen molar-refractivity contribution in [2.24, 2.45) is 35.5 Å². The number of carbonyl (C=O) groups is 1. The molecule has 3 saturated carbocycles. The van der Waals surface area contributed by atoms with E-state index in [1.54, 1.807) is 77.9 Å². The fraction of sp³-hybridized carbons (Fsp3) is 0.384. The van der Waals surface area contributed by atoms with Crippen molar-refractivity contribution in [1.29, 1.82) is 0 Å². The molecule has 10 aromatic rings. The first-order chi connectivity index (χ1) is 56.2. The molecule has 638 valence electrons. The van der Waals surface area contributed by atoms with E-state index in [2.05, 4.69) is 37.3 Å². The number of ether oxygens (including phenoxy) is 7. The van der Waals surface area contributed by atoms with Crippen LogP contribution in [-0.4, -0.2) is 111 Å². The number of rotatable bonds is 28. The number of benzene rings is 10. The topological polar surface area (TPSA) is 142 Å². The molecule has 0 radical (unpaired) electrons. The summed E-state index contributed by atoms with van der Waals surface area (Å²) in [5.74, 6) is -19.7. The molecular formula is C99H111BrCl2F6MgO11. The Kier molecular flexibility index (Phi) is 39.1. The number of ketones is 1. The molecule has 0 heterocycles. The summed E-state index contributed by atoms with van der Waals surface area (Å²) >= 11 is 12.7. The molecule has 0 spiro atoms. The van der Waals surface area contributed by atoms with E-state index < -0.39 is 107 Å². The molecule has 0 saturated heterocycles. The van der Waals surface area contributed by atoms with Gasteiger partial charge in [-0.1, -0.05) is 307 Å². The fourth-order valence-electron chi connectivity index (χ4n) is 16.1. The molecule has 0 aromatic heterocycles. The molecule has 13 atom stereocenters. The summed E-state index contributed by atoms with van der Waals surface area (Å²) in [5.41, 5.74) is 7.68. The Morgan fingerprint density at radius 2 is 0.775 bits per heavy atom. The van der Waals surface area contributed by atoms with Crippen molar-refractivity contribution in [2.45, 2.75) is 200 Å². The molecule has 10 aromatic carbocycles. The van der Waals surface area contributed by atoms with E-state index in [9.17, 15) is 37.7 Å². The molecule has 11 nitrogen and oxygen atoms in total. The van der Waals surface area contributed by atoms with Gasteiger partial charge in [0.2, 0.25) is 5.78 Å². The Balaban J connectivity index is 0.000000232. The number of alkyl halides is 6. The zero-order valence-electron chi connectivity index (χ0n) is 68.5. The molecule has 0 bridgehead atoms. The van der Waals surface area contributed by atoms with Crippen LogP contribution in [0.15, 0.2) is 267 Å². The largest absolute Gasteiger partial charge is 2.00 e. The van der Waals surface area contributed by atoms with Crippen LogP contribution in [0.4, 0.5) is 26.3 Å². The van der Waals surface area contributed by atoms with Crippen LogP contribution in [-0.2, 0) is 91.3 Å². The van der Waals surface area contributed by atoms with Gasteiger partial charge in [0.05, 0.1) is 64.6 Å². The second kappa shape index (κ2) is 47.0. The number of carbonyl (C=O) groups excluding carboxylic acids is 1. The van der Waals surface area contributed by atoms with E-state index >= 15 is 8.78 Å². The van der Waals surface area contributed by atoms with Crippen LogP contribution >= 0.6 is 23.2 Å². The van der Waals surface area contributed by atoms with Crippen molar-refractivity contribution in [2.75, 3.05) is 6.61 Å². The van der Waals surface area contributed by atoms with Crippen molar-refractivity contribution < 1.29 is 96.6 Å². The number of hydrogen-bond acceptors (Lipinski definition) is 11. The van der Waals surface area contributed by atoms with Gasteiger partial charge in [0.25, 0.3) is 11.7 Å². The monoisotopic (exact) mass is 1760 g/mol. The van der Waals surface area contributed by atoms with Crippen LogP contribution < -0.4 is 21.7 Å². The summed E-state index contributed by atoms with van der Waals surface area (Å²) in [5, 5.41) is 34.9. The number of aliphatic hydroxyl groups is 3. The first-order valence-electron chi connectivity index (χ1n) is 40.2. The van der Waals surface area contributed by atoms with Gasteiger partial charge in [-0.3, -0.25) is 4.79 Å². The van der Waals surface area contributed by atoms with E-state index in [0.29, 0.717) is 23.6 Å². The van der Waals surface area contributed by atoms with Gasteiger partial charge in [0, 0.05) is 22.8 Å². The molecule has 3 aliphatic rings. The Morgan fingerprint density at radius 3 is 1.19 bits per heavy atom. The first-order valence-corrected chi connectivity index (χ1v) is 40.9. The van der Waals surface area contributed by atoms with Crippen molar-refractivity contribution in [3.8, 4) is 5.75 Å². The summed E-state index contributed by atoms with van der Waals surface area (Å²) in [7, 11) is 0. The summed E-state index contributed by atoms with van der Waals surface area (Å²) in [6.07, 6.45) is -5.02. The summed E-state index contributed by atoms with van der Waals surface area (Å²) < 4.78 is 135. The number of hydrogen-bond donors (Lipinski definition) is 3. The Labute approximate surface area is 741 Å². The third-order valence-electron chi connectivity index (χ3n) is 22.7. The normalized spacial score (nSPS) is 23.5. The quantitative estimate of drug-likeness (QED) is 0.0187. The molecule has 120 heavy (non-hydrogen) atoms. The van der Waals surface area contributed by atoms with Crippen LogP contribution in [0.1, 0.15) is 142 Å². The van der Waals surface area contributed by atoms with Gasteiger partial charge in [-0.15, -0.1) is 17.2 Å². The minimum absolute atomic E-state index is 0. The molecule has 0 aliphatic heterocycles. The molecule has 0 amide bonds. The van der Waals surface area contributed by atoms with Crippen molar-refractivity contribution >= 4 is 52.0 Å². The Hall–Kier alpha value is -7.28. The molecule has 1 unspecified atom stereocenters. The van der Waals surface area contributed by atoms with E-state index in [1.807, 2.05) is 207 Å². The van der Waals surface area contributed by atoms with Crippen LogP contribution in [0.2, 0.25) is 10.0 Å². The van der Waals surface area contributed by atoms with E-state index in [1.165, 1.54) is 17.2 Å². The van der Waals surface area contributed by atoms with Gasteiger partial charge >= 0.3 is 34.9 Å². The molecule has 13 rings (SSSR count). The zero-order valence-corrected chi connectivity index (χ0v) is 73.0. The van der Waals surface area contributed by atoms with E-state index in [0.717, 1.165) is 61.7 Å². The van der Waals surface area contributed by atoms with Gasteiger partial charge in [0.15, 0.2) is 5.60 Å². The minimum Gasteiger partial charge on any atom is -1.00 e. The van der Waals surface area contributed by atoms with Crippen LogP contribution in [0.5, 0.6) is 5.75 Å². The van der Waals surface area contributed by atoms with Crippen LogP contribution in [0.3, 0.4) is 0 Å². The molecule has 3 aliphatic carbocycles. The average Bonchev–Trinajstić information content (AvgIpc) is 0.683. The second-order valence-corrected chi connectivity index (χ2v) is 31.3. The maximum Gasteiger partial charge on any atom is 2.00 e. The first kappa shape index (κ1) is 99.8. The summed E-state index contributed by atoms with van der Waals surface area (Å²) in [6.45, 7) is 15.5. The smallest absolute Gasteiger partial charge is 1.00 e. The van der Waals surface area contributed by atoms with Crippen molar-refractivity contribution in [3.05, 3.63) is 350 Å². The van der Waals surface area contributed by atoms with Gasteiger partial charge in [-0.25, -0.2) is 17.6 Å². The van der Waals surface area contributed by atoms with Crippen molar-refractivity contribution in [3.63, 3.8) is 0 Å². The molecule has 21 heteroatoms. The summed E-state index contributed by atoms with van der Waals surface area (Å²) in [4.78, 5) is 12.6. The predicted molar refractivity (Wildman–Crippen MR) is 458 cm³/mol. The van der Waals surface area contributed by atoms with E-state index in [-0.39, 0.29) is 112 Å². The average molecular weight is 1770 g/mol. The predicted octanol–water partition coefficient (Wildman–Crippen LogP) is 19.5. The Morgan fingerprint density at radius 1 is 0.417 bits per heavy atom. The molecular weight excluding hydrogens is 1650 g/mol. The van der Waals surface area contributed by atoms with Crippen molar-refractivity contribution in [1.82, 2.24) is 0 Å². The number of Topliss-reactive ketones (excluding diaryl/α,β-unsaturated/α-hetero) is 1. The second-order valence-electron chi connectivity index (χ2n) is 30.5. The molecule has 3 N–H and O–H groups in total. The fourth-order valence-corrected chi connectivity index (χ4v) is 16.5. The third kappa shape index (κ3) is 24.8. The third-order valence-corrected chi connectivity index (χ3v) is 23.4. The van der Waals surface area contributed by atoms with Gasteiger partial charge in [-0.2, -0.15) is 33.0 Å². The summed E-state index contributed by atoms with van der Waals surface area (Å²) in [6, 6.07) is 85.5. The standard InChI is InChI=1S/C38H41ClF2O4.C23H28F2O4.C23H26F2O3.C14H12Cl.CH4.BrH.Mg/c1-4-33-26(3)35(44-24-28-12-8-6-9-13-28)36(45-25-29-14-10-7-11-15-29)37(42,38(33,40)41)31-18-21-34(39)30(23-31)22-27-16-19-32(20-17-27)43-5-2;1-3-19-16(2)20(28-14-17-10-6-4-7-11-17)21(23(26,27)22(19,24)25)29-15-18-12-8-5-9-13-18;1-3-19-16(2)20(27-14-17-10-6-4-7-11-17)21(22(26)23(19,24)25)28-15-18-12-8-5-9-13-18;1-11-6-8-12(9-7-11)10-13-4-2-3-5-14(13)15;;;/h6-21,23,26,33,35-36,42H,4-5,22,24-25H2,1-3H3;4-13,16,19-21,26-27H,3,14-15H2,1-2H3;4-13,16,19-21H,3,14-15H2,1-2H3;3-9H,10H2,1H3;1H4;1H;/q;;;-1;;;+2/p-1/t26-,33-,35+,36-,37?;2*16-,19-,20+,21-;;;;/m111..../s1.